The largest absolute Gasteiger partial charge is 0.377 e. The quantitative estimate of drug-likeness (QED) is 0.497. The number of hydrogen-bond donors (Lipinski definition) is 1. The van der Waals surface area contributed by atoms with Crippen LogP contribution in [-0.2, 0) is 9.47 Å². The maximum Gasteiger partial charge on any atom is 0.0987 e. The Morgan fingerprint density at radius 3 is 3.27 bits per heavy atom. The molecule has 0 bridgehead atoms. The van der Waals surface area contributed by atoms with Gasteiger partial charge in [-0.2, -0.15) is 0 Å². The van der Waals surface area contributed by atoms with Crippen molar-refractivity contribution in [3.8, 4) is 0 Å². The molecule has 2 aliphatic heterocycles. The first-order valence-electron chi connectivity index (χ1n) is 4.04. The van der Waals surface area contributed by atoms with E-state index in [1.165, 1.54) is 0 Å². The first-order chi connectivity index (χ1) is 5.47. The maximum atomic E-state index is 5.53. The van der Waals surface area contributed by atoms with Gasteiger partial charge in [0.25, 0.3) is 0 Å². The van der Waals surface area contributed by atoms with Crippen LogP contribution in [0.2, 0.25) is 0 Å². The molecule has 3 nitrogen and oxygen atoms in total. The SMILES string of the molecule is C1=CCO[C@H]2COC[C@H]2NC1. The van der Waals surface area contributed by atoms with Crippen LogP contribution in [0.15, 0.2) is 12.2 Å². The summed E-state index contributed by atoms with van der Waals surface area (Å²) in [4.78, 5) is 0. The second kappa shape index (κ2) is 3.34. The van der Waals surface area contributed by atoms with E-state index in [0.29, 0.717) is 6.04 Å². The van der Waals surface area contributed by atoms with E-state index in [0.717, 1.165) is 26.4 Å². The summed E-state index contributed by atoms with van der Waals surface area (Å²) >= 11 is 0. The Labute approximate surface area is 66.4 Å². The number of hydrogen-bond acceptors (Lipinski definition) is 3. The van der Waals surface area contributed by atoms with Crippen molar-refractivity contribution in [1.29, 1.82) is 0 Å². The zero-order valence-electron chi connectivity index (χ0n) is 6.45. The van der Waals surface area contributed by atoms with E-state index < -0.39 is 0 Å². The van der Waals surface area contributed by atoms with Gasteiger partial charge in [0.05, 0.1) is 32.0 Å². The summed E-state index contributed by atoms with van der Waals surface area (Å²) in [6, 6.07) is 0.403. The highest BCUT2D eigenvalue weighted by Crippen LogP contribution is 2.10. The minimum Gasteiger partial charge on any atom is -0.377 e. The standard InChI is InChI=1S/C8H13NO2/c1-2-4-11-8-6-10-5-7(8)9-3-1/h1-2,7-9H,3-6H2/t7-,8+/m1/s1. The van der Waals surface area contributed by atoms with Gasteiger partial charge in [-0.15, -0.1) is 0 Å². The first kappa shape index (κ1) is 7.28. The van der Waals surface area contributed by atoms with Gasteiger partial charge in [0.2, 0.25) is 0 Å². The highest BCUT2D eigenvalue weighted by atomic mass is 16.5. The fraction of sp³-hybridized carbons (Fsp3) is 0.750. The molecule has 0 aromatic carbocycles. The summed E-state index contributed by atoms with van der Waals surface area (Å²) in [6.07, 6.45) is 4.40. The summed E-state index contributed by atoms with van der Waals surface area (Å²) in [5.74, 6) is 0. The van der Waals surface area contributed by atoms with E-state index in [1.54, 1.807) is 0 Å². The molecular weight excluding hydrogens is 142 g/mol. The van der Waals surface area contributed by atoms with Crippen LogP contribution >= 0.6 is 0 Å². The van der Waals surface area contributed by atoms with E-state index >= 15 is 0 Å². The minimum absolute atomic E-state index is 0.264. The predicted octanol–water partition coefficient (Wildman–Crippen LogP) is -0.0702. The lowest BCUT2D eigenvalue weighted by Gasteiger charge is -2.19. The van der Waals surface area contributed by atoms with Crippen molar-refractivity contribution in [2.75, 3.05) is 26.4 Å². The van der Waals surface area contributed by atoms with Crippen molar-refractivity contribution in [2.24, 2.45) is 0 Å². The van der Waals surface area contributed by atoms with Gasteiger partial charge in [-0.05, 0) is 0 Å². The van der Waals surface area contributed by atoms with Crippen LogP contribution in [0.5, 0.6) is 0 Å². The van der Waals surface area contributed by atoms with Crippen LogP contribution in [0.3, 0.4) is 0 Å². The minimum atomic E-state index is 0.264. The number of ether oxygens (including phenoxy) is 2. The molecule has 0 aromatic heterocycles. The second-order valence-electron chi connectivity index (χ2n) is 2.90. The smallest absolute Gasteiger partial charge is 0.0987 e. The van der Waals surface area contributed by atoms with Crippen molar-refractivity contribution in [3.05, 3.63) is 12.2 Å². The number of rotatable bonds is 0. The van der Waals surface area contributed by atoms with E-state index in [9.17, 15) is 0 Å². The van der Waals surface area contributed by atoms with Crippen molar-refractivity contribution < 1.29 is 9.47 Å². The lowest BCUT2D eigenvalue weighted by atomic mass is 10.2. The molecule has 2 atom stereocenters. The average Bonchev–Trinajstić information content (AvgIpc) is 2.35. The van der Waals surface area contributed by atoms with Crippen molar-refractivity contribution >= 4 is 0 Å². The van der Waals surface area contributed by atoms with Gasteiger partial charge in [0.1, 0.15) is 0 Å². The summed E-state index contributed by atoms with van der Waals surface area (Å²) in [5, 5.41) is 3.35. The Balaban J connectivity index is 1.97. The number of fused-ring (bicyclic) bond motifs is 1. The third-order valence-electron chi connectivity index (χ3n) is 2.10. The molecule has 3 heteroatoms. The highest BCUT2D eigenvalue weighted by molar-refractivity contribution is 4.92. The fourth-order valence-electron chi connectivity index (χ4n) is 1.44. The van der Waals surface area contributed by atoms with Crippen LogP contribution in [0.25, 0.3) is 0 Å². The van der Waals surface area contributed by atoms with Crippen molar-refractivity contribution in [3.63, 3.8) is 0 Å². The molecule has 0 radical (unpaired) electrons. The van der Waals surface area contributed by atoms with E-state index in [4.69, 9.17) is 9.47 Å². The summed E-state index contributed by atoms with van der Waals surface area (Å²) in [5.41, 5.74) is 0. The second-order valence-corrected chi connectivity index (χ2v) is 2.90. The molecule has 1 saturated heterocycles. The highest BCUT2D eigenvalue weighted by Gasteiger charge is 2.28. The Kier molecular flexibility index (Phi) is 2.21. The average molecular weight is 155 g/mol. The molecule has 0 spiro atoms. The van der Waals surface area contributed by atoms with Gasteiger partial charge in [-0.3, -0.25) is 0 Å². The van der Waals surface area contributed by atoms with Crippen LogP contribution in [0, 0.1) is 0 Å². The number of nitrogens with one attached hydrogen (secondary N) is 1. The van der Waals surface area contributed by atoms with Gasteiger partial charge in [-0.1, -0.05) is 12.2 Å². The van der Waals surface area contributed by atoms with Gasteiger partial charge in [0.15, 0.2) is 0 Å². The van der Waals surface area contributed by atoms with Crippen LogP contribution < -0.4 is 5.32 Å². The lowest BCUT2D eigenvalue weighted by Crippen LogP contribution is -2.41. The molecule has 0 aromatic rings. The van der Waals surface area contributed by atoms with Crippen molar-refractivity contribution in [2.45, 2.75) is 12.1 Å². The molecule has 0 unspecified atom stereocenters. The lowest BCUT2D eigenvalue weighted by molar-refractivity contribution is 0.0495. The molecule has 2 aliphatic rings. The molecule has 0 amide bonds. The Bertz CT molecular complexity index is 142. The predicted molar refractivity (Wildman–Crippen MR) is 41.5 cm³/mol. The monoisotopic (exact) mass is 155 g/mol. The Morgan fingerprint density at radius 1 is 1.27 bits per heavy atom. The molecular formula is C8H13NO2. The third kappa shape index (κ3) is 1.61. The fourth-order valence-corrected chi connectivity index (χ4v) is 1.44. The van der Waals surface area contributed by atoms with Crippen LogP contribution in [0.1, 0.15) is 0 Å². The van der Waals surface area contributed by atoms with Gasteiger partial charge < -0.3 is 14.8 Å². The van der Waals surface area contributed by atoms with Crippen LogP contribution in [-0.4, -0.2) is 38.5 Å². The third-order valence-corrected chi connectivity index (χ3v) is 2.10. The maximum absolute atomic E-state index is 5.53. The molecule has 2 rings (SSSR count). The van der Waals surface area contributed by atoms with Gasteiger partial charge in [-0.25, -0.2) is 0 Å². The van der Waals surface area contributed by atoms with E-state index in [1.807, 2.05) is 6.08 Å². The molecule has 1 fully saturated rings. The zero-order valence-corrected chi connectivity index (χ0v) is 6.45. The molecule has 11 heavy (non-hydrogen) atoms. The van der Waals surface area contributed by atoms with Gasteiger partial charge in [0, 0.05) is 6.54 Å². The zero-order chi connectivity index (χ0) is 7.52. The van der Waals surface area contributed by atoms with E-state index in [-0.39, 0.29) is 6.10 Å². The Hall–Kier alpha value is -0.380. The molecule has 0 aliphatic carbocycles. The Morgan fingerprint density at radius 2 is 2.27 bits per heavy atom. The molecule has 1 N–H and O–H groups in total. The summed E-state index contributed by atoms with van der Waals surface area (Å²) < 4.78 is 10.8. The van der Waals surface area contributed by atoms with Crippen molar-refractivity contribution in [1.82, 2.24) is 5.32 Å². The normalized spacial score (nSPS) is 37.8. The molecule has 2 heterocycles. The summed E-state index contributed by atoms with van der Waals surface area (Å²) in [6.45, 7) is 3.20. The molecule has 0 saturated carbocycles. The topological polar surface area (TPSA) is 30.5 Å². The van der Waals surface area contributed by atoms with E-state index in [2.05, 4.69) is 11.4 Å². The summed E-state index contributed by atoms with van der Waals surface area (Å²) in [7, 11) is 0. The van der Waals surface area contributed by atoms with Gasteiger partial charge >= 0.3 is 0 Å². The first-order valence-corrected chi connectivity index (χ1v) is 4.04. The molecule has 62 valence electrons. The van der Waals surface area contributed by atoms with Crippen LogP contribution in [0.4, 0.5) is 0 Å².